The lowest BCUT2D eigenvalue weighted by Crippen LogP contribution is -2.49. The van der Waals surface area contributed by atoms with Gasteiger partial charge in [0.15, 0.2) is 5.78 Å². The molecule has 3 aromatic rings. The number of ketones is 1. The Hall–Kier alpha value is -2.48. The van der Waals surface area contributed by atoms with Crippen molar-refractivity contribution in [1.82, 2.24) is 4.90 Å². The van der Waals surface area contributed by atoms with Gasteiger partial charge in [-0.05, 0) is 60.4 Å². The molecule has 2 amide bonds. The maximum absolute atomic E-state index is 14.3. The lowest BCUT2D eigenvalue weighted by Gasteiger charge is -2.34. The monoisotopic (exact) mass is 540 g/mol. The van der Waals surface area contributed by atoms with E-state index in [0.29, 0.717) is 10.6 Å². The Bertz CT molecular complexity index is 1270. The predicted octanol–water partition coefficient (Wildman–Crippen LogP) is 6.37. The molecule has 1 aliphatic heterocycles. The number of carbonyl (C=O) groups is 3. The predicted molar refractivity (Wildman–Crippen MR) is 145 cm³/mol. The molecule has 36 heavy (non-hydrogen) atoms. The number of thiophene rings is 2. The molecule has 0 bridgehead atoms. The van der Waals surface area contributed by atoms with Gasteiger partial charge in [-0.25, -0.2) is 0 Å². The van der Waals surface area contributed by atoms with Crippen LogP contribution in [0, 0.1) is 18.8 Å². The summed E-state index contributed by atoms with van der Waals surface area (Å²) in [6, 6.07) is 11.3. The Kier molecular flexibility index (Phi) is 7.33. The topological polar surface area (TPSA) is 80.5 Å². The van der Waals surface area contributed by atoms with Gasteiger partial charge in [0.05, 0.1) is 12.0 Å². The van der Waals surface area contributed by atoms with Gasteiger partial charge in [0, 0.05) is 32.2 Å². The van der Waals surface area contributed by atoms with E-state index in [9.17, 15) is 14.4 Å². The maximum Gasteiger partial charge on any atom is 0.240 e. The van der Waals surface area contributed by atoms with Crippen LogP contribution in [0.15, 0.2) is 53.2 Å². The summed E-state index contributed by atoms with van der Waals surface area (Å²) in [5.41, 5.74) is 7.55. The second kappa shape index (κ2) is 10.5. The number of aryl methyl sites for hydroxylation is 1. The molecule has 2 aromatic heterocycles. The van der Waals surface area contributed by atoms with Crippen molar-refractivity contribution in [2.75, 3.05) is 0 Å². The molecule has 1 aliphatic carbocycles. The largest absolute Gasteiger partial charge is 0.368 e. The number of nitrogens with two attached hydrogens (primary N) is 1. The van der Waals surface area contributed by atoms with Crippen molar-refractivity contribution in [2.24, 2.45) is 17.6 Å². The Morgan fingerprint density at radius 3 is 2.39 bits per heavy atom. The normalized spacial score (nSPS) is 24.7. The van der Waals surface area contributed by atoms with Gasteiger partial charge in [0.1, 0.15) is 6.04 Å². The maximum atomic E-state index is 14.3. The molecule has 2 fully saturated rings. The fourth-order valence-electron chi connectivity index (χ4n) is 5.99. The Balaban J connectivity index is 1.71. The molecule has 1 saturated carbocycles. The lowest BCUT2D eigenvalue weighted by molar-refractivity contribution is -0.144. The van der Waals surface area contributed by atoms with Crippen LogP contribution in [-0.4, -0.2) is 28.5 Å². The van der Waals surface area contributed by atoms with Crippen LogP contribution in [-0.2, 0) is 9.59 Å². The summed E-state index contributed by atoms with van der Waals surface area (Å²) in [4.78, 5) is 45.2. The molecule has 5 rings (SSSR count). The van der Waals surface area contributed by atoms with Crippen LogP contribution in [0.3, 0.4) is 0 Å². The van der Waals surface area contributed by atoms with E-state index in [1.165, 1.54) is 22.7 Å². The first-order valence-corrected chi connectivity index (χ1v) is 14.5. The number of carbonyl (C=O) groups excluding carboxylic acids is 3. The third-order valence-corrected chi connectivity index (χ3v) is 9.92. The molecule has 188 valence electrons. The van der Waals surface area contributed by atoms with E-state index in [2.05, 4.69) is 0 Å². The van der Waals surface area contributed by atoms with Crippen LogP contribution in [0.2, 0.25) is 5.02 Å². The summed E-state index contributed by atoms with van der Waals surface area (Å²) in [7, 11) is 0. The molecule has 4 atom stereocenters. The number of hydrogen-bond acceptors (Lipinski definition) is 5. The lowest BCUT2D eigenvalue weighted by atomic mass is 9.79. The van der Waals surface area contributed by atoms with Gasteiger partial charge < -0.3 is 10.6 Å². The van der Waals surface area contributed by atoms with E-state index in [1.807, 2.05) is 35.9 Å². The molecular formula is C28H29ClN2O3S2. The zero-order chi connectivity index (χ0) is 25.4. The summed E-state index contributed by atoms with van der Waals surface area (Å²) >= 11 is 9.29. The van der Waals surface area contributed by atoms with Crippen molar-refractivity contribution in [3.8, 4) is 0 Å². The molecule has 1 saturated heterocycles. The molecule has 2 N–H and O–H groups in total. The summed E-state index contributed by atoms with van der Waals surface area (Å²) < 4.78 is 0. The van der Waals surface area contributed by atoms with Crippen molar-refractivity contribution in [1.29, 1.82) is 0 Å². The minimum absolute atomic E-state index is 0.0562. The smallest absolute Gasteiger partial charge is 0.240 e. The van der Waals surface area contributed by atoms with E-state index in [0.717, 1.165) is 47.4 Å². The number of hydrogen-bond donors (Lipinski definition) is 1. The van der Waals surface area contributed by atoms with Gasteiger partial charge in [-0.15, -0.1) is 22.7 Å². The Labute approximate surface area is 224 Å². The number of primary amides is 1. The average molecular weight is 541 g/mol. The van der Waals surface area contributed by atoms with Crippen LogP contribution in [0.25, 0.3) is 0 Å². The second-order valence-electron chi connectivity index (χ2n) is 9.78. The van der Waals surface area contributed by atoms with Crippen molar-refractivity contribution in [3.05, 3.63) is 79.1 Å². The molecule has 1 aromatic carbocycles. The summed E-state index contributed by atoms with van der Waals surface area (Å²) in [6.45, 7) is 1.99. The summed E-state index contributed by atoms with van der Waals surface area (Å²) in [5, 5.41) is 4.38. The zero-order valence-corrected chi connectivity index (χ0v) is 22.5. The Morgan fingerprint density at radius 2 is 1.78 bits per heavy atom. The van der Waals surface area contributed by atoms with E-state index < -0.39 is 29.8 Å². The number of amides is 2. The number of nitrogens with zero attached hydrogens (tertiary/aromatic N) is 1. The van der Waals surface area contributed by atoms with E-state index >= 15 is 0 Å². The fourth-order valence-corrected chi connectivity index (χ4v) is 8.16. The first-order valence-electron chi connectivity index (χ1n) is 12.4. The van der Waals surface area contributed by atoms with Crippen molar-refractivity contribution < 1.29 is 14.4 Å². The molecule has 2 aliphatic rings. The van der Waals surface area contributed by atoms with Crippen molar-refractivity contribution >= 4 is 51.9 Å². The number of likely N-dealkylation sites (tertiary alicyclic amines) is 1. The SMILES string of the molecule is Cc1ccsc1C1C(C(=O)c2cccc(Cl)c2)C(c2cccs2)C(C(N)=O)N1C(=O)C1CCCCC1. The number of halogens is 1. The molecular weight excluding hydrogens is 512 g/mol. The molecule has 0 spiro atoms. The van der Waals surface area contributed by atoms with Crippen molar-refractivity contribution in [2.45, 2.75) is 57.0 Å². The number of rotatable bonds is 6. The summed E-state index contributed by atoms with van der Waals surface area (Å²) in [5.74, 6) is -2.11. The average Bonchev–Trinajstić information content (AvgIpc) is 3.62. The van der Waals surface area contributed by atoms with Crippen LogP contribution < -0.4 is 5.73 Å². The molecule has 4 unspecified atom stereocenters. The third-order valence-electron chi connectivity index (χ3n) is 7.62. The molecule has 0 radical (unpaired) electrons. The van der Waals surface area contributed by atoms with Crippen LogP contribution in [0.1, 0.15) is 69.7 Å². The van der Waals surface area contributed by atoms with Crippen molar-refractivity contribution in [3.63, 3.8) is 0 Å². The van der Waals surface area contributed by atoms with Gasteiger partial charge in [-0.1, -0.05) is 49.1 Å². The van der Waals surface area contributed by atoms with Crippen LogP contribution >= 0.6 is 34.3 Å². The number of benzene rings is 1. The summed E-state index contributed by atoms with van der Waals surface area (Å²) in [6.07, 6.45) is 4.70. The minimum atomic E-state index is -0.905. The Morgan fingerprint density at radius 1 is 1.00 bits per heavy atom. The van der Waals surface area contributed by atoms with Gasteiger partial charge >= 0.3 is 0 Å². The van der Waals surface area contributed by atoms with E-state index in [1.54, 1.807) is 29.2 Å². The highest BCUT2D eigenvalue weighted by molar-refractivity contribution is 7.10. The standard InChI is InChI=1S/C28H29ClN2O3S2/c1-16-12-14-36-26(16)23-22(25(32)18-9-5-10-19(29)15-18)21(20-11-6-13-35-20)24(27(30)33)31(23)28(34)17-7-3-2-4-8-17/h5-6,9-15,17,21-24H,2-4,7-8H2,1H3,(H2,30,33). The van der Waals surface area contributed by atoms with Crippen LogP contribution in [0.4, 0.5) is 0 Å². The first kappa shape index (κ1) is 25.2. The second-order valence-corrected chi connectivity index (χ2v) is 12.1. The minimum Gasteiger partial charge on any atom is -0.368 e. The highest BCUT2D eigenvalue weighted by atomic mass is 35.5. The van der Waals surface area contributed by atoms with E-state index in [4.69, 9.17) is 17.3 Å². The van der Waals surface area contributed by atoms with Gasteiger partial charge in [-0.2, -0.15) is 0 Å². The molecule has 5 nitrogen and oxygen atoms in total. The highest BCUT2D eigenvalue weighted by Crippen LogP contribution is 2.54. The van der Waals surface area contributed by atoms with Crippen LogP contribution in [0.5, 0.6) is 0 Å². The van der Waals surface area contributed by atoms with Gasteiger partial charge in [-0.3, -0.25) is 14.4 Å². The molecule has 8 heteroatoms. The number of Topliss-reactive ketones (excluding diaryl/α,β-unsaturated/α-hetero) is 1. The third kappa shape index (κ3) is 4.53. The fraction of sp³-hybridized carbons (Fsp3) is 0.393. The highest BCUT2D eigenvalue weighted by Gasteiger charge is 2.58. The molecule has 3 heterocycles. The van der Waals surface area contributed by atoms with E-state index in [-0.39, 0.29) is 17.6 Å². The van der Waals surface area contributed by atoms with Gasteiger partial charge in [0.25, 0.3) is 0 Å². The van der Waals surface area contributed by atoms with Gasteiger partial charge in [0.2, 0.25) is 11.8 Å². The zero-order valence-electron chi connectivity index (χ0n) is 20.1. The quantitative estimate of drug-likeness (QED) is 0.369. The first-order chi connectivity index (χ1) is 17.4.